The molecular weight excluding hydrogens is 1060 g/mol. The number of nitrogens with zero attached hydrogens (tertiary/aromatic N) is 1. The summed E-state index contributed by atoms with van der Waals surface area (Å²) in [5.41, 5.74) is 19.9. The molecule has 0 N–H and O–H groups in total. The van der Waals surface area contributed by atoms with Crippen LogP contribution in [0.1, 0.15) is 245 Å². The van der Waals surface area contributed by atoms with Crippen molar-refractivity contribution in [2.24, 2.45) is 29.6 Å². The van der Waals surface area contributed by atoms with Gasteiger partial charge in [-0.3, -0.25) is 0 Å². The first-order valence-corrected chi connectivity index (χ1v) is 34.1. The van der Waals surface area contributed by atoms with E-state index in [0.717, 1.165) is 34.6 Å². The number of aryl methyl sites for hydroxylation is 6. The van der Waals surface area contributed by atoms with E-state index < -0.39 is 0 Å². The fourth-order valence-corrected chi connectivity index (χ4v) is 11.7. The van der Waals surface area contributed by atoms with Gasteiger partial charge in [-0.15, -0.1) is 0 Å². The van der Waals surface area contributed by atoms with E-state index in [-0.39, 0.29) is 0 Å². The van der Waals surface area contributed by atoms with Gasteiger partial charge in [0.05, 0.1) is 0 Å². The Balaban J connectivity index is 0.000000258. The minimum Gasteiger partial charge on any atom is -0.369 e. The first kappa shape index (κ1) is 74.9. The van der Waals surface area contributed by atoms with Crippen LogP contribution in [0, 0.1) is 64.2 Å². The van der Waals surface area contributed by atoms with Gasteiger partial charge in [-0.2, -0.15) is 0 Å². The lowest BCUT2D eigenvalue weighted by molar-refractivity contribution is 0.279. The molecule has 2 heteroatoms. The predicted octanol–water partition coefficient (Wildman–Crippen LogP) is 25.4. The van der Waals surface area contributed by atoms with Crippen molar-refractivity contribution in [3.8, 4) is 0 Å². The molecule has 7 aromatic rings. The highest BCUT2D eigenvalue weighted by Crippen LogP contribution is 2.32. The number of rotatable bonds is 9. The predicted molar refractivity (Wildman–Crippen MR) is 387 cm³/mol. The molecule has 0 radical (unpaired) electrons. The van der Waals surface area contributed by atoms with Gasteiger partial charge >= 0.3 is 0 Å². The number of para-hydroxylation sites is 1. The Morgan fingerprint density at radius 3 is 1.26 bits per heavy atom. The molecule has 0 bridgehead atoms. The summed E-state index contributed by atoms with van der Waals surface area (Å²) in [5.74, 6) is 6.95. The molecule has 1 heterocycles. The zero-order valence-electron chi connectivity index (χ0n) is 58.5. The summed E-state index contributed by atoms with van der Waals surface area (Å²) in [4.78, 5) is 2.50. The summed E-state index contributed by atoms with van der Waals surface area (Å²) in [6.45, 7) is 47.9. The maximum atomic E-state index is 6.02. The molecule has 0 spiro atoms. The highest BCUT2D eigenvalue weighted by molar-refractivity contribution is 6.31. The maximum absolute atomic E-state index is 6.02. The Labute approximate surface area is 535 Å². The Hall–Kier alpha value is -5.37. The highest BCUT2D eigenvalue weighted by atomic mass is 35.5. The molecule has 2 aliphatic carbocycles. The average Bonchev–Trinajstić information content (AvgIpc) is 3.23. The molecule has 1 saturated carbocycles. The fourth-order valence-electron chi connectivity index (χ4n) is 11.2. The van der Waals surface area contributed by atoms with Crippen molar-refractivity contribution >= 4 is 17.3 Å². The molecule has 0 aromatic heterocycles. The van der Waals surface area contributed by atoms with Crippen LogP contribution in [0.15, 0.2) is 164 Å². The molecular formula is C84H122ClN. The van der Waals surface area contributed by atoms with Gasteiger partial charge in [0.1, 0.15) is 0 Å². The molecule has 1 fully saturated rings. The second-order valence-corrected chi connectivity index (χ2v) is 28.1. The molecule has 3 aliphatic rings. The van der Waals surface area contributed by atoms with Gasteiger partial charge in [-0.1, -0.05) is 292 Å². The van der Waals surface area contributed by atoms with Gasteiger partial charge in [0, 0.05) is 23.3 Å². The van der Waals surface area contributed by atoms with Crippen molar-refractivity contribution in [3.05, 3.63) is 241 Å². The molecule has 470 valence electrons. The van der Waals surface area contributed by atoms with E-state index in [1.54, 1.807) is 11.1 Å². The minimum absolute atomic E-state index is 0.517. The lowest BCUT2D eigenvalue weighted by Crippen LogP contribution is -2.35. The summed E-state index contributed by atoms with van der Waals surface area (Å²) < 4.78 is 0. The summed E-state index contributed by atoms with van der Waals surface area (Å²) in [6.07, 6.45) is 13.8. The summed E-state index contributed by atoms with van der Waals surface area (Å²) in [7, 11) is 0. The van der Waals surface area contributed by atoms with E-state index in [4.69, 9.17) is 11.6 Å². The summed E-state index contributed by atoms with van der Waals surface area (Å²) in [6, 6.07) is 59.0. The second-order valence-electron chi connectivity index (χ2n) is 27.7. The molecule has 86 heavy (non-hydrogen) atoms. The first-order chi connectivity index (χ1) is 40.8. The van der Waals surface area contributed by atoms with E-state index in [2.05, 4.69) is 302 Å². The standard InChI is InChI=1S/C12H17N.C12H16.2C11H16.C10H13Cl.C10H14.C9H18.C9H12/c1-10(2)13-9-5-7-11-6-3-4-8-12(11)13;1-9(2)12-7-10-5-3-4-6-11(10)8-12;2*1-8(2)11-6-5-9(3)10(4)7-11;1-7(2)9-5-4-8(3)6-10(9)11;1-9(2)8-10-6-4-3-5-7-10;2*1-8(2)9-6-4-3-5-7-9/h3-4,6,8,10H,5,7,9H2,1-2H3;3-6,9,12H,7-8H2,1-2H3;2*5-8H,1-4H3;4-7H,1-3H3;3-7,9H,8H2,1-2H3;8-9H,3-7H2,1-2H3;3-8H,1-2H3. The Bertz CT molecular complexity index is 2810. The summed E-state index contributed by atoms with van der Waals surface area (Å²) in [5, 5.41) is 0.889. The third-order valence-electron chi connectivity index (χ3n) is 17.5. The van der Waals surface area contributed by atoms with Crippen LogP contribution < -0.4 is 4.90 Å². The van der Waals surface area contributed by atoms with Gasteiger partial charge in [-0.25, -0.2) is 0 Å². The van der Waals surface area contributed by atoms with Crippen LogP contribution in [-0.4, -0.2) is 12.6 Å². The molecule has 0 saturated heterocycles. The number of halogens is 1. The number of hydrogen-bond acceptors (Lipinski definition) is 1. The van der Waals surface area contributed by atoms with Gasteiger partial charge < -0.3 is 4.90 Å². The lowest BCUT2D eigenvalue weighted by atomic mass is 9.82. The normalized spacial score (nSPS) is 13.5. The quantitative estimate of drug-likeness (QED) is 0.139. The van der Waals surface area contributed by atoms with Crippen molar-refractivity contribution in [3.63, 3.8) is 0 Å². The van der Waals surface area contributed by atoms with E-state index in [1.165, 1.54) is 138 Å². The molecule has 0 atom stereocenters. The highest BCUT2D eigenvalue weighted by Gasteiger charge is 2.23. The molecule has 0 unspecified atom stereocenters. The average molecular weight is 1180 g/mol. The van der Waals surface area contributed by atoms with Crippen LogP contribution in [0.2, 0.25) is 5.02 Å². The number of hydrogen-bond donors (Lipinski definition) is 0. The van der Waals surface area contributed by atoms with E-state index in [1.807, 2.05) is 12.1 Å². The molecule has 7 aromatic carbocycles. The number of anilines is 1. The molecule has 1 nitrogen and oxygen atoms in total. The summed E-state index contributed by atoms with van der Waals surface area (Å²) >= 11 is 6.02. The van der Waals surface area contributed by atoms with Gasteiger partial charge in [0.2, 0.25) is 0 Å². The van der Waals surface area contributed by atoms with Crippen LogP contribution in [0.25, 0.3) is 0 Å². The Kier molecular flexibility index (Phi) is 35.0. The third kappa shape index (κ3) is 28.2. The SMILES string of the molecule is CC(C)C1CCCCC1.CC(C)C1Cc2ccccc2C1.CC(C)Cc1ccccc1.CC(C)N1CCCc2ccccc21.CC(C)c1ccccc1.Cc1ccc(C(C)C)c(Cl)c1.Cc1ccc(C(C)C)cc1C.Cc1ccc(C(C)C)cc1C. The van der Waals surface area contributed by atoms with Gasteiger partial charge in [-0.05, 0) is 218 Å². The second kappa shape index (κ2) is 40.2. The van der Waals surface area contributed by atoms with E-state index in [0.29, 0.717) is 29.7 Å². The molecule has 0 amide bonds. The van der Waals surface area contributed by atoms with E-state index >= 15 is 0 Å². The van der Waals surface area contributed by atoms with E-state index in [9.17, 15) is 0 Å². The topological polar surface area (TPSA) is 3.24 Å². The minimum atomic E-state index is 0.517. The molecule has 1 aliphatic heterocycles. The Morgan fingerprint density at radius 2 is 0.860 bits per heavy atom. The maximum Gasteiger partial charge on any atom is 0.0443 e. The zero-order valence-corrected chi connectivity index (χ0v) is 59.2. The smallest absolute Gasteiger partial charge is 0.0443 e. The van der Waals surface area contributed by atoms with Crippen LogP contribution in [0.5, 0.6) is 0 Å². The van der Waals surface area contributed by atoms with Crippen LogP contribution in [0.3, 0.4) is 0 Å². The largest absolute Gasteiger partial charge is 0.369 e. The first-order valence-electron chi connectivity index (χ1n) is 33.7. The Morgan fingerprint density at radius 1 is 0.407 bits per heavy atom. The number of benzene rings is 7. The van der Waals surface area contributed by atoms with Crippen LogP contribution >= 0.6 is 11.6 Å². The van der Waals surface area contributed by atoms with Crippen molar-refractivity contribution in [1.82, 2.24) is 0 Å². The lowest BCUT2D eigenvalue weighted by Gasteiger charge is -2.34. The third-order valence-corrected chi connectivity index (χ3v) is 17.8. The van der Waals surface area contributed by atoms with Gasteiger partial charge in [0.25, 0.3) is 0 Å². The zero-order chi connectivity index (χ0) is 63.9. The van der Waals surface area contributed by atoms with Crippen LogP contribution in [-0.2, 0) is 25.7 Å². The van der Waals surface area contributed by atoms with Crippen molar-refractivity contribution in [2.45, 2.75) is 239 Å². The van der Waals surface area contributed by atoms with Crippen molar-refractivity contribution in [1.29, 1.82) is 0 Å². The monoisotopic (exact) mass is 1180 g/mol. The van der Waals surface area contributed by atoms with Crippen molar-refractivity contribution < 1.29 is 0 Å². The fraction of sp³-hybridized carbons (Fsp3) is 0.500. The molecule has 10 rings (SSSR count). The van der Waals surface area contributed by atoms with Crippen molar-refractivity contribution in [2.75, 3.05) is 11.4 Å². The van der Waals surface area contributed by atoms with Gasteiger partial charge in [0.15, 0.2) is 0 Å². The number of fused-ring (bicyclic) bond motifs is 2. The van der Waals surface area contributed by atoms with Crippen LogP contribution in [0.4, 0.5) is 5.69 Å².